The monoisotopic (exact) mass is 633 g/mol. The fourth-order valence-electron chi connectivity index (χ4n) is 3.93. The first-order chi connectivity index (χ1) is 18.4. The molecule has 0 aliphatic carbocycles. The Morgan fingerprint density at radius 2 is 1.59 bits per heavy atom. The van der Waals surface area contributed by atoms with Crippen molar-refractivity contribution in [2.75, 3.05) is 10.8 Å². The predicted molar refractivity (Wildman–Crippen MR) is 159 cm³/mol. The molecule has 3 rings (SSSR count). The van der Waals surface area contributed by atoms with Gasteiger partial charge >= 0.3 is 0 Å². The Kier molecular flexibility index (Phi) is 10.6. The molecule has 0 radical (unpaired) electrons. The van der Waals surface area contributed by atoms with Gasteiger partial charge in [0.25, 0.3) is 10.0 Å². The molecule has 0 spiro atoms. The first-order valence-corrected chi connectivity index (χ1v) is 15.2. The van der Waals surface area contributed by atoms with E-state index < -0.39 is 28.5 Å². The molecule has 0 aromatic heterocycles. The van der Waals surface area contributed by atoms with Crippen LogP contribution < -0.4 is 9.62 Å². The maximum atomic E-state index is 14.0. The first-order valence-electron chi connectivity index (χ1n) is 12.6. The Labute approximate surface area is 244 Å². The van der Waals surface area contributed by atoms with Crippen LogP contribution in [-0.2, 0) is 26.2 Å². The van der Waals surface area contributed by atoms with Gasteiger partial charge < -0.3 is 10.2 Å². The maximum Gasteiger partial charge on any atom is 0.264 e. The molecule has 2 atom stereocenters. The molecule has 2 amide bonds. The summed E-state index contributed by atoms with van der Waals surface area (Å²) in [6.07, 6.45) is 0.736. The lowest BCUT2D eigenvalue weighted by Gasteiger charge is -2.33. The Morgan fingerprint density at radius 3 is 2.18 bits per heavy atom. The fraction of sp³-hybridized carbons (Fsp3) is 0.310. The van der Waals surface area contributed by atoms with Gasteiger partial charge in [0.2, 0.25) is 11.8 Å². The standard InChI is InChI=1S/C29H33BrClN3O4S/c1-5-21(3)32-29(36)22(4)33(18-23-10-12-24(30)13-11-23)28(35)19-34(27-9-7-6-8-20(27)2)39(37,38)26-16-14-25(31)15-17-26/h6-17,21-22H,5,18-19H2,1-4H3,(H,32,36)/t21-,22-/m1/s1. The molecular weight excluding hydrogens is 602 g/mol. The molecule has 208 valence electrons. The molecule has 39 heavy (non-hydrogen) atoms. The number of hydrogen-bond acceptors (Lipinski definition) is 4. The average Bonchev–Trinajstić information content (AvgIpc) is 2.91. The van der Waals surface area contributed by atoms with Crippen LogP contribution in [0.5, 0.6) is 0 Å². The topological polar surface area (TPSA) is 86.8 Å². The van der Waals surface area contributed by atoms with E-state index in [1.807, 2.05) is 38.1 Å². The summed E-state index contributed by atoms with van der Waals surface area (Å²) in [5.41, 5.74) is 1.86. The van der Waals surface area contributed by atoms with Gasteiger partial charge in [0.15, 0.2) is 0 Å². The van der Waals surface area contributed by atoms with Crippen LogP contribution in [0.1, 0.15) is 38.3 Å². The number of rotatable bonds is 11. The molecule has 3 aromatic carbocycles. The van der Waals surface area contributed by atoms with Crippen molar-refractivity contribution >= 4 is 55.1 Å². The van der Waals surface area contributed by atoms with Crippen LogP contribution in [0.2, 0.25) is 5.02 Å². The number of para-hydroxylation sites is 1. The van der Waals surface area contributed by atoms with Crippen molar-refractivity contribution in [1.82, 2.24) is 10.2 Å². The zero-order valence-corrected chi connectivity index (χ0v) is 25.6. The van der Waals surface area contributed by atoms with Crippen molar-refractivity contribution in [2.24, 2.45) is 0 Å². The molecule has 0 saturated heterocycles. The molecular formula is C29H33BrClN3O4S. The summed E-state index contributed by atoms with van der Waals surface area (Å²) in [6, 6.07) is 19.3. The molecule has 0 aliphatic rings. The van der Waals surface area contributed by atoms with Crippen LogP contribution in [0, 0.1) is 6.92 Å². The highest BCUT2D eigenvalue weighted by Gasteiger charge is 2.33. The third-order valence-electron chi connectivity index (χ3n) is 6.50. The number of amides is 2. The van der Waals surface area contributed by atoms with Crippen LogP contribution in [-0.4, -0.2) is 43.8 Å². The summed E-state index contributed by atoms with van der Waals surface area (Å²) in [5, 5.41) is 3.33. The molecule has 0 fully saturated rings. The van der Waals surface area contributed by atoms with E-state index in [9.17, 15) is 18.0 Å². The molecule has 10 heteroatoms. The summed E-state index contributed by atoms with van der Waals surface area (Å²) in [4.78, 5) is 28.5. The molecule has 0 saturated carbocycles. The van der Waals surface area contributed by atoms with Gasteiger partial charge in [-0.3, -0.25) is 13.9 Å². The highest BCUT2D eigenvalue weighted by atomic mass is 79.9. The molecule has 0 unspecified atom stereocenters. The number of nitrogens with one attached hydrogen (secondary N) is 1. The number of hydrogen-bond donors (Lipinski definition) is 1. The Morgan fingerprint density at radius 1 is 0.974 bits per heavy atom. The minimum absolute atomic E-state index is 0.00461. The van der Waals surface area contributed by atoms with Gasteiger partial charge in [0.1, 0.15) is 12.6 Å². The fourth-order valence-corrected chi connectivity index (χ4v) is 5.79. The van der Waals surface area contributed by atoms with E-state index in [1.54, 1.807) is 38.1 Å². The van der Waals surface area contributed by atoms with E-state index in [1.165, 1.54) is 29.2 Å². The first kappa shape index (κ1) is 30.7. The third kappa shape index (κ3) is 7.84. The molecule has 0 heterocycles. The summed E-state index contributed by atoms with van der Waals surface area (Å²) < 4.78 is 29.7. The Balaban J connectivity index is 2.03. The second-order valence-electron chi connectivity index (χ2n) is 9.39. The van der Waals surface area contributed by atoms with Gasteiger partial charge in [-0.25, -0.2) is 8.42 Å². The van der Waals surface area contributed by atoms with E-state index in [2.05, 4.69) is 21.2 Å². The van der Waals surface area contributed by atoms with Gasteiger partial charge in [-0.15, -0.1) is 0 Å². The molecule has 3 aromatic rings. The van der Waals surface area contributed by atoms with Crippen LogP contribution >= 0.6 is 27.5 Å². The summed E-state index contributed by atoms with van der Waals surface area (Å²) in [7, 11) is -4.15. The largest absolute Gasteiger partial charge is 0.352 e. The minimum atomic E-state index is -4.15. The lowest BCUT2D eigenvalue weighted by molar-refractivity contribution is -0.139. The minimum Gasteiger partial charge on any atom is -0.352 e. The lowest BCUT2D eigenvalue weighted by Crippen LogP contribution is -2.52. The number of sulfonamides is 1. The molecule has 7 nitrogen and oxygen atoms in total. The summed E-state index contributed by atoms with van der Waals surface area (Å²) in [6.45, 7) is 6.93. The smallest absolute Gasteiger partial charge is 0.264 e. The van der Waals surface area contributed by atoms with Crippen molar-refractivity contribution in [3.05, 3.63) is 93.4 Å². The van der Waals surface area contributed by atoms with Crippen LogP contribution in [0.15, 0.2) is 82.2 Å². The summed E-state index contributed by atoms with van der Waals surface area (Å²) in [5.74, 6) is -0.816. The highest BCUT2D eigenvalue weighted by molar-refractivity contribution is 9.10. The van der Waals surface area contributed by atoms with Crippen molar-refractivity contribution < 1.29 is 18.0 Å². The number of anilines is 1. The van der Waals surface area contributed by atoms with Crippen molar-refractivity contribution in [2.45, 2.75) is 57.6 Å². The van der Waals surface area contributed by atoms with E-state index in [-0.39, 0.29) is 23.4 Å². The number of benzene rings is 3. The normalized spacial score (nSPS) is 12.9. The summed E-state index contributed by atoms with van der Waals surface area (Å²) >= 11 is 9.41. The number of nitrogens with zero attached hydrogens (tertiary/aromatic N) is 2. The number of carbonyl (C=O) groups excluding carboxylic acids is 2. The van der Waals surface area contributed by atoms with E-state index in [0.717, 1.165) is 20.8 Å². The predicted octanol–water partition coefficient (Wildman–Crippen LogP) is 5.94. The number of carbonyl (C=O) groups is 2. The average molecular weight is 635 g/mol. The third-order valence-corrected chi connectivity index (χ3v) is 9.05. The van der Waals surface area contributed by atoms with Gasteiger partial charge in [0, 0.05) is 22.1 Å². The van der Waals surface area contributed by atoms with Crippen molar-refractivity contribution in [3.63, 3.8) is 0 Å². The van der Waals surface area contributed by atoms with E-state index in [0.29, 0.717) is 16.3 Å². The molecule has 1 N–H and O–H groups in total. The molecule has 0 bridgehead atoms. The molecule has 0 aliphatic heterocycles. The second-order valence-corrected chi connectivity index (χ2v) is 12.6. The van der Waals surface area contributed by atoms with E-state index in [4.69, 9.17) is 11.6 Å². The van der Waals surface area contributed by atoms with Gasteiger partial charge in [-0.1, -0.05) is 64.8 Å². The van der Waals surface area contributed by atoms with E-state index >= 15 is 0 Å². The highest BCUT2D eigenvalue weighted by Crippen LogP contribution is 2.28. The van der Waals surface area contributed by atoms with Gasteiger partial charge in [0.05, 0.1) is 10.6 Å². The number of aryl methyl sites for hydroxylation is 1. The zero-order chi connectivity index (χ0) is 28.7. The SMILES string of the molecule is CC[C@@H](C)NC(=O)[C@@H](C)N(Cc1ccc(Br)cc1)C(=O)CN(c1ccccc1C)S(=O)(=O)c1ccc(Cl)cc1. The zero-order valence-electron chi connectivity index (χ0n) is 22.4. The van der Waals surface area contributed by atoms with Crippen LogP contribution in [0.4, 0.5) is 5.69 Å². The Hall–Kier alpha value is -2.88. The lowest BCUT2D eigenvalue weighted by atomic mass is 10.1. The Bertz CT molecular complexity index is 1400. The van der Waals surface area contributed by atoms with Gasteiger partial charge in [-0.05, 0) is 80.8 Å². The van der Waals surface area contributed by atoms with Crippen LogP contribution in [0.3, 0.4) is 0 Å². The van der Waals surface area contributed by atoms with Crippen molar-refractivity contribution in [3.8, 4) is 0 Å². The van der Waals surface area contributed by atoms with Crippen molar-refractivity contribution in [1.29, 1.82) is 0 Å². The number of halogens is 2. The maximum absolute atomic E-state index is 14.0. The second kappa shape index (κ2) is 13.5. The van der Waals surface area contributed by atoms with Gasteiger partial charge in [-0.2, -0.15) is 0 Å². The van der Waals surface area contributed by atoms with Crippen LogP contribution in [0.25, 0.3) is 0 Å². The quantitative estimate of drug-likeness (QED) is 0.283.